The molecule has 73 heavy (non-hydrogen) atoms. The standard InChI is InChI=1S/C52H79N3O16P2/c1-3-5-6-7-8-9-10-11-12-13-14-19-22-25-28-31-34-37-48(58)69-44(40-66-47(57)36-33-30-27-24-21-18-16-15-17-20-23-26-29-32-35-43(56)4-2)41-67-72(62,63)71-73(64,65)68-42-45-49(59)50(60)51(70-45)55-39-38-46(53)54-52(55)61/h5-6,8-9,11-12,14,16-20,24,26-27,29,32,35,38-39,43-45,49-51,56,59-60H,3-4,7,10,13,15,21-23,25,28,30-31,33-34,36-37,40-42H2,1-2H3,(H,62,63)(H,64,65)(H2,53,54,61)/b6-5-,9-8-,12-11-,18-16-,19-14-,20-17-,27-24-,29-26-,35-32+/t43-,44+,45+,49+,50+,51+/m0/s1. The Kier molecular flexibility index (Phi) is 34.4. The first-order valence-electron chi connectivity index (χ1n) is 25.0. The van der Waals surface area contributed by atoms with Gasteiger partial charge in [0.05, 0.1) is 19.3 Å². The van der Waals surface area contributed by atoms with Gasteiger partial charge in [0.15, 0.2) is 12.3 Å². The lowest BCUT2D eigenvalue weighted by Crippen LogP contribution is -2.36. The van der Waals surface area contributed by atoms with Gasteiger partial charge in [0, 0.05) is 19.0 Å². The molecule has 0 amide bonds. The van der Waals surface area contributed by atoms with Crippen molar-refractivity contribution in [3.63, 3.8) is 0 Å². The number of hydrogen-bond acceptors (Lipinski definition) is 16. The van der Waals surface area contributed by atoms with Crippen molar-refractivity contribution in [1.82, 2.24) is 9.55 Å². The number of anilines is 1. The van der Waals surface area contributed by atoms with E-state index in [4.69, 9.17) is 29.0 Å². The maximum absolute atomic E-state index is 12.9. The number of phosphoric ester groups is 2. The molecule has 0 aliphatic carbocycles. The Hall–Kier alpha value is -4.62. The van der Waals surface area contributed by atoms with Gasteiger partial charge in [-0.2, -0.15) is 9.29 Å². The molecule has 1 aliphatic heterocycles. The molecule has 2 unspecified atom stereocenters. The third kappa shape index (κ3) is 31.7. The molecule has 0 saturated carbocycles. The molecule has 8 atom stereocenters. The Labute approximate surface area is 430 Å². The molecule has 2 rings (SSSR count). The van der Waals surface area contributed by atoms with Gasteiger partial charge < -0.3 is 45.1 Å². The van der Waals surface area contributed by atoms with Crippen LogP contribution in [0.25, 0.3) is 0 Å². The smallest absolute Gasteiger partial charge is 0.462 e. The van der Waals surface area contributed by atoms with Crippen LogP contribution in [-0.2, 0) is 46.3 Å². The van der Waals surface area contributed by atoms with Crippen LogP contribution in [0.1, 0.15) is 129 Å². The number of nitrogens with zero attached hydrogens (tertiary/aromatic N) is 2. The van der Waals surface area contributed by atoms with E-state index in [1.165, 1.54) is 6.07 Å². The number of hydrogen-bond donors (Lipinski definition) is 6. The summed E-state index contributed by atoms with van der Waals surface area (Å²) in [6.45, 7) is 1.61. The molecule has 19 nitrogen and oxygen atoms in total. The Bertz CT molecular complexity index is 2170. The van der Waals surface area contributed by atoms with E-state index in [-0.39, 0.29) is 18.7 Å². The van der Waals surface area contributed by atoms with E-state index >= 15 is 0 Å². The van der Waals surface area contributed by atoms with Crippen LogP contribution in [0.15, 0.2) is 126 Å². The molecule has 21 heteroatoms. The van der Waals surface area contributed by atoms with E-state index in [1.54, 1.807) is 6.08 Å². The predicted octanol–water partition coefficient (Wildman–Crippen LogP) is 9.19. The number of aromatic nitrogens is 2. The summed E-state index contributed by atoms with van der Waals surface area (Å²) >= 11 is 0. The molecule has 1 saturated heterocycles. The first-order valence-corrected chi connectivity index (χ1v) is 28.0. The number of allylic oxidation sites excluding steroid dienone is 17. The van der Waals surface area contributed by atoms with E-state index < -0.39 is 89.8 Å². The van der Waals surface area contributed by atoms with Crippen molar-refractivity contribution < 1.29 is 71.4 Å². The van der Waals surface area contributed by atoms with Crippen molar-refractivity contribution >= 4 is 33.4 Å². The van der Waals surface area contributed by atoms with Crippen LogP contribution >= 0.6 is 15.6 Å². The van der Waals surface area contributed by atoms with Crippen LogP contribution in [0, 0.1) is 0 Å². The number of carbonyl (C=O) groups excluding carboxylic acids is 2. The normalized spacial score (nSPS) is 20.3. The third-order valence-corrected chi connectivity index (χ3v) is 13.1. The van der Waals surface area contributed by atoms with Gasteiger partial charge in [-0.1, -0.05) is 136 Å². The average molecular weight is 1060 g/mol. The van der Waals surface area contributed by atoms with Gasteiger partial charge in [-0.15, -0.1) is 0 Å². The molecule has 1 aliphatic rings. The van der Waals surface area contributed by atoms with Gasteiger partial charge in [-0.25, -0.2) is 13.9 Å². The minimum atomic E-state index is -5.45. The highest BCUT2D eigenvalue weighted by Crippen LogP contribution is 2.60. The lowest BCUT2D eigenvalue weighted by Gasteiger charge is -2.21. The fraction of sp³-hybridized carbons (Fsp3) is 0.538. The van der Waals surface area contributed by atoms with Gasteiger partial charge in [0.25, 0.3) is 0 Å². The molecular formula is C52H79N3O16P2. The molecular weight excluding hydrogens is 985 g/mol. The zero-order valence-electron chi connectivity index (χ0n) is 42.2. The van der Waals surface area contributed by atoms with E-state index in [1.807, 2.05) is 49.5 Å². The molecule has 2 heterocycles. The Morgan fingerprint density at radius 1 is 0.726 bits per heavy atom. The minimum absolute atomic E-state index is 0.00434. The molecule has 0 aromatic carbocycles. The third-order valence-electron chi connectivity index (χ3n) is 10.5. The molecule has 0 radical (unpaired) electrons. The van der Waals surface area contributed by atoms with E-state index in [9.17, 15) is 48.6 Å². The quantitative estimate of drug-likeness (QED) is 0.0118. The first-order chi connectivity index (χ1) is 35.1. The summed E-state index contributed by atoms with van der Waals surface area (Å²) in [5.41, 5.74) is 4.57. The Balaban J connectivity index is 1.85. The second kappa shape index (κ2) is 38.9. The minimum Gasteiger partial charge on any atom is -0.462 e. The van der Waals surface area contributed by atoms with Gasteiger partial charge in [0.2, 0.25) is 0 Å². The molecule has 0 bridgehead atoms. The number of unbranched alkanes of at least 4 members (excludes halogenated alkanes) is 5. The van der Waals surface area contributed by atoms with E-state index in [0.29, 0.717) is 32.1 Å². The molecule has 408 valence electrons. The van der Waals surface area contributed by atoms with Crippen molar-refractivity contribution in [3.05, 3.63) is 132 Å². The first kappa shape index (κ1) is 64.5. The fourth-order valence-corrected chi connectivity index (χ4v) is 8.64. The number of ether oxygens (including phenoxy) is 3. The second-order valence-electron chi connectivity index (χ2n) is 16.7. The van der Waals surface area contributed by atoms with Gasteiger partial charge in [-0.3, -0.25) is 23.2 Å². The van der Waals surface area contributed by atoms with Crippen molar-refractivity contribution in [2.75, 3.05) is 25.6 Å². The summed E-state index contributed by atoms with van der Waals surface area (Å²) < 4.78 is 56.7. The number of nitrogens with two attached hydrogens (primary N) is 1. The van der Waals surface area contributed by atoms with Gasteiger partial charge in [-0.05, 0) is 89.5 Å². The van der Waals surface area contributed by atoms with Crippen molar-refractivity contribution in [2.45, 2.75) is 160 Å². The summed E-state index contributed by atoms with van der Waals surface area (Å²) in [5.74, 6) is -1.43. The van der Waals surface area contributed by atoms with E-state index in [0.717, 1.165) is 75.0 Å². The highest BCUT2D eigenvalue weighted by atomic mass is 31.3. The van der Waals surface area contributed by atoms with Crippen LogP contribution in [0.5, 0.6) is 0 Å². The highest BCUT2D eigenvalue weighted by molar-refractivity contribution is 7.61. The number of carbonyl (C=O) groups is 2. The molecule has 7 N–H and O–H groups in total. The molecule has 0 spiro atoms. The molecule has 1 aromatic heterocycles. The van der Waals surface area contributed by atoms with Crippen LogP contribution in [0.4, 0.5) is 5.82 Å². The number of rotatable bonds is 39. The zero-order chi connectivity index (χ0) is 53.6. The number of nitrogen functional groups attached to an aromatic ring is 1. The molecule has 1 fully saturated rings. The fourth-order valence-electron chi connectivity index (χ4n) is 6.52. The lowest BCUT2D eigenvalue weighted by atomic mass is 10.1. The maximum atomic E-state index is 12.9. The van der Waals surface area contributed by atoms with Crippen LogP contribution < -0.4 is 11.4 Å². The van der Waals surface area contributed by atoms with Crippen molar-refractivity contribution in [2.24, 2.45) is 0 Å². The van der Waals surface area contributed by atoms with E-state index in [2.05, 4.69) is 77.0 Å². The summed E-state index contributed by atoms with van der Waals surface area (Å²) in [5, 5.41) is 30.4. The number of aliphatic hydroxyl groups excluding tert-OH is 3. The summed E-state index contributed by atoms with van der Waals surface area (Å²) in [4.78, 5) is 61.9. The molecule has 1 aromatic rings. The average Bonchev–Trinajstić information content (AvgIpc) is 3.63. The SMILES string of the molecule is CC/C=C\C/C=C\C/C=C\C/C=C\CCCCCCC(=O)O[C@H](COC(=O)CCC/C=C\C/C=C\C/C=C\C/C=C\C=C\[C@@H](O)CC)COP(=O)(O)OP(=O)(O)OC[C@H]1O[C@@H](n2ccc(N)nc2=O)[C@H](O)[C@@H]1O. The maximum Gasteiger partial charge on any atom is 0.481 e. The second-order valence-corrected chi connectivity index (χ2v) is 19.8. The Morgan fingerprint density at radius 3 is 1.88 bits per heavy atom. The van der Waals surface area contributed by atoms with Crippen LogP contribution in [0.3, 0.4) is 0 Å². The highest BCUT2D eigenvalue weighted by Gasteiger charge is 2.46. The van der Waals surface area contributed by atoms with Crippen molar-refractivity contribution in [3.8, 4) is 0 Å². The van der Waals surface area contributed by atoms with Crippen LogP contribution in [-0.4, -0.2) is 96.9 Å². The summed E-state index contributed by atoms with van der Waals surface area (Å²) in [7, 11) is -10.9. The predicted molar refractivity (Wildman–Crippen MR) is 280 cm³/mol. The Morgan fingerprint density at radius 2 is 1.27 bits per heavy atom. The number of aliphatic hydroxyl groups is 3. The number of phosphoric acid groups is 2. The monoisotopic (exact) mass is 1060 g/mol. The van der Waals surface area contributed by atoms with Crippen molar-refractivity contribution in [1.29, 1.82) is 0 Å². The van der Waals surface area contributed by atoms with Crippen LogP contribution in [0.2, 0.25) is 0 Å². The van der Waals surface area contributed by atoms with Gasteiger partial charge >= 0.3 is 33.3 Å². The topological polar surface area (TPSA) is 286 Å². The summed E-state index contributed by atoms with van der Waals surface area (Å²) in [6, 6.07) is 1.24. The largest absolute Gasteiger partial charge is 0.481 e. The van der Waals surface area contributed by atoms with Gasteiger partial charge in [0.1, 0.15) is 30.7 Å². The number of esters is 2. The lowest BCUT2D eigenvalue weighted by molar-refractivity contribution is -0.161. The summed E-state index contributed by atoms with van der Waals surface area (Å²) in [6.07, 6.45) is 41.2. The zero-order valence-corrected chi connectivity index (χ0v) is 44.0.